The lowest BCUT2D eigenvalue weighted by atomic mass is 9.98. The Morgan fingerprint density at radius 1 is 1.07 bits per heavy atom. The molecule has 2 aromatic carbocycles. The van der Waals surface area contributed by atoms with Gasteiger partial charge in [0.2, 0.25) is 0 Å². The van der Waals surface area contributed by atoms with Crippen molar-refractivity contribution >= 4 is 5.91 Å². The summed E-state index contributed by atoms with van der Waals surface area (Å²) < 4.78 is 10.8. The fourth-order valence-corrected chi connectivity index (χ4v) is 4.02. The highest BCUT2D eigenvalue weighted by Gasteiger charge is 2.19. The fourth-order valence-electron chi connectivity index (χ4n) is 4.02. The largest absolute Gasteiger partial charge is 0.507 e. The third-order valence-electron chi connectivity index (χ3n) is 5.67. The number of nitrogens with one attached hydrogen (secondary N) is 1. The average molecular weight is 413 g/mol. The van der Waals surface area contributed by atoms with E-state index in [9.17, 15) is 9.90 Å². The number of hydrogen-bond donors (Lipinski definition) is 2. The van der Waals surface area contributed by atoms with E-state index in [0.29, 0.717) is 12.1 Å². The first-order valence-electron chi connectivity index (χ1n) is 10.5. The molecule has 1 heterocycles. The molecule has 30 heavy (non-hydrogen) atoms. The fraction of sp³-hybridized carbons (Fsp3) is 0.458. The Balaban J connectivity index is 1.45. The van der Waals surface area contributed by atoms with E-state index in [-0.39, 0.29) is 11.7 Å². The average Bonchev–Trinajstić information content (AvgIpc) is 2.74. The van der Waals surface area contributed by atoms with Gasteiger partial charge in [0, 0.05) is 19.6 Å². The molecule has 0 aromatic heterocycles. The number of phenols is 1. The molecule has 2 N–H and O–H groups in total. The van der Waals surface area contributed by atoms with Gasteiger partial charge in [-0.3, -0.25) is 9.69 Å². The van der Waals surface area contributed by atoms with Crippen LogP contribution in [0.25, 0.3) is 0 Å². The van der Waals surface area contributed by atoms with Crippen molar-refractivity contribution in [1.82, 2.24) is 10.2 Å². The number of aryl methyl sites for hydroxylation is 2. The van der Waals surface area contributed by atoms with Crippen LogP contribution in [0.2, 0.25) is 0 Å². The van der Waals surface area contributed by atoms with Crippen molar-refractivity contribution in [1.29, 1.82) is 0 Å². The minimum Gasteiger partial charge on any atom is -0.507 e. The van der Waals surface area contributed by atoms with Crippen molar-refractivity contribution in [3.05, 3.63) is 52.1 Å². The molecule has 0 aliphatic carbocycles. The van der Waals surface area contributed by atoms with E-state index in [4.69, 9.17) is 9.47 Å². The molecule has 1 aliphatic heterocycles. The Labute approximate surface area is 178 Å². The molecule has 6 nitrogen and oxygen atoms in total. The summed E-state index contributed by atoms with van der Waals surface area (Å²) in [5, 5.41) is 13.1. The first-order valence-corrected chi connectivity index (χ1v) is 10.5. The van der Waals surface area contributed by atoms with Crippen LogP contribution < -0.4 is 14.8 Å². The quantitative estimate of drug-likeness (QED) is 0.649. The van der Waals surface area contributed by atoms with Crippen molar-refractivity contribution < 1.29 is 19.4 Å². The third kappa shape index (κ3) is 5.05. The molecule has 0 saturated carbocycles. The molecule has 1 amide bonds. The summed E-state index contributed by atoms with van der Waals surface area (Å²) in [5.41, 5.74) is 4.65. The molecule has 0 bridgehead atoms. The second-order valence-corrected chi connectivity index (χ2v) is 7.94. The maximum atomic E-state index is 12.4. The van der Waals surface area contributed by atoms with Gasteiger partial charge in [0.25, 0.3) is 5.91 Å². The number of nitrogens with zero attached hydrogens (tertiary/aromatic N) is 1. The summed E-state index contributed by atoms with van der Waals surface area (Å²) in [6.07, 6.45) is 2.90. The maximum Gasteiger partial charge on any atom is 0.255 e. The molecule has 0 fully saturated rings. The van der Waals surface area contributed by atoms with E-state index in [1.807, 2.05) is 19.9 Å². The van der Waals surface area contributed by atoms with Crippen LogP contribution in [0.4, 0.5) is 0 Å². The van der Waals surface area contributed by atoms with Crippen molar-refractivity contribution in [2.75, 3.05) is 33.9 Å². The van der Waals surface area contributed by atoms with Gasteiger partial charge in [0.05, 0.1) is 19.8 Å². The van der Waals surface area contributed by atoms with Crippen LogP contribution in [-0.4, -0.2) is 49.8 Å². The van der Waals surface area contributed by atoms with E-state index in [1.165, 1.54) is 11.1 Å². The summed E-state index contributed by atoms with van der Waals surface area (Å²) in [6.45, 7) is 7.23. The standard InChI is InChI=1S/C24H32N2O4/c1-16-11-17(2)23(27)20(12-16)24(28)25-8-5-6-9-26-10-7-18-13-21(29-3)22(30-4)14-19(18)15-26/h11-14,27H,5-10,15H2,1-4H3,(H,25,28). The highest BCUT2D eigenvalue weighted by molar-refractivity contribution is 5.97. The lowest BCUT2D eigenvalue weighted by Crippen LogP contribution is -2.32. The van der Waals surface area contributed by atoms with Gasteiger partial charge in [-0.2, -0.15) is 0 Å². The van der Waals surface area contributed by atoms with E-state index in [2.05, 4.69) is 22.3 Å². The summed E-state index contributed by atoms with van der Waals surface area (Å²) in [5.74, 6) is 1.41. The molecule has 1 aliphatic rings. The number of unbranched alkanes of at least 4 members (excludes halogenated alkanes) is 1. The van der Waals surface area contributed by atoms with Crippen molar-refractivity contribution in [3.8, 4) is 17.2 Å². The Morgan fingerprint density at radius 2 is 1.77 bits per heavy atom. The number of methoxy groups -OCH3 is 2. The predicted octanol–water partition coefficient (Wildman–Crippen LogP) is 3.59. The van der Waals surface area contributed by atoms with Crippen LogP contribution in [0.3, 0.4) is 0 Å². The number of aromatic hydroxyl groups is 1. The first-order chi connectivity index (χ1) is 14.4. The van der Waals surface area contributed by atoms with Gasteiger partial charge >= 0.3 is 0 Å². The highest BCUT2D eigenvalue weighted by Crippen LogP contribution is 2.33. The third-order valence-corrected chi connectivity index (χ3v) is 5.67. The monoisotopic (exact) mass is 412 g/mol. The molecule has 2 aromatic rings. The number of carbonyl (C=O) groups is 1. The predicted molar refractivity (Wildman–Crippen MR) is 118 cm³/mol. The van der Waals surface area contributed by atoms with Crippen LogP contribution in [0.15, 0.2) is 24.3 Å². The molecule has 0 radical (unpaired) electrons. The van der Waals surface area contributed by atoms with Crippen LogP contribution in [0.5, 0.6) is 17.2 Å². The molecular weight excluding hydrogens is 380 g/mol. The number of ether oxygens (including phenoxy) is 2. The lowest BCUT2D eigenvalue weighted by molar-refractivity contribution is 0.0949. The van der Waals surface area contributed by atoms with Crippen LogP contribution >= 0.6 is 0 Å². The zero-order chi connectivity index (χ0) is 21.7. The minimum absolute atomic E-state index is 0.0668. The smallest absolute Gasteiger partial charge is 0.255 e. The molecule has 162 valence electrons. The van der Waals surface area contributed by atoms with Crippen molar-refractivity contribution in [2.24, 2.45) is 0 Å². The van der Waals surface area contributed by atoms with Crippen molar-refractivity contribution in [2.45, 2.75) is 39.7 Å². The van der Waals surface area contributed by atoms with Crippen LogP contribution in [-0.2, 0) is 13.0 Å². The summed E-state index contributed by atoms with van der Waals surface area (Å²) >= 11 is 0. The SMILES string of the molecule is COc1cc2c(cc1OC)CN(CCCCNC(=O)c1cc(C)cc(C)c1O)CC2. The number of carbonyl (C=O) groups excluding carboxylic acids is 1. The molecule has 0 unspecified atom stereocenters. The zero-order valence-corrected chi connectivity index (χ0v) is 18.4. The van der Waals surface area contributed by atoms with E-state index in [1.54, 1.807) is 20.3 Å². The van der Waals surface area contributed by atoms with Crippen LogP contribution in [0, 0.1) is 13.8 Å². The summed E-state index contributed by atoms with van der Waals surface area (Å²) in [7, 11) is 3.33. The van der Waals surface area contributed by atoms with Gasteiger partial charge in [-0.25, -0.2) is 0 Å². The van der Waals surface area contributed by atoms with Gasteiger partial charge in [0.15, 0.2) is 11.5 Å². The highest BCUT2D eigenvalue weighted by atomic mass is 16.5. The topological polar surface area (TPSA) is 71.0 Å². The Morgan fingerprint density at radius 3 is 2.47 bits per heavy atom. The lowest BCUT2D eigenvalue weighted by Gasteiger charge is -2.29. The number of amides is 1. The number of hydrogen-bond acceptors (Lipinski definition) is 5. The van der Waals surface area contributed by atoms with Crippen LogP contribution in [0.1, 0.15) is 45.5 Å². The molecular formula is C24H32N2O4. The first kappa shape index (κ1) is 22.0. The van der Waals surface area contributed by atoms with E-state index in [0.717, 1.165) is 61.5 Å². The van der Waals surface area contributed by atoms with Crippen molar-refractivity contribution in [3.63, 3.8) is 0 Å². The van der Waals surface area contributed by atoms with Gasteiger partial charge in [-0.05, 0) is 80.1 Å². The van der Waals surface area contributed by atoms with E-state index < -0.39 is 0 Å². The van der Waals surface area contributed by atoms with E-state index >= 15 is 0 Å². The molecule has 0 saturated heterocycles. The summed E-state index contributed by atoms with van der Waals surface area (Å²) in [4.78, 5) is 14.8. The summed E-state index contributed by atoms with van der Waals surface area (Å²) in [6, 6.07) is 7.76. The molecule has 6 heteroatoms. The van der Waals surface area contributed by atoms with Gasteiger partial charge in [-0.1, -0.05) is 6.07 Å². The van der Waals surface area contributed by atoms with Gasteiger partial charge < -0.3 is 19.9 Å². The zero-order valence-electron chi connectivity index (χ0n) is 18.4. The molecule has 3 rings (SSSR count). The number of fused-ring (bicyclic) bond motifs is 1. The second kappa shape index (κ2) is 9.85. The number of phenolic OH excluding ortho intramolecular Hbond substituents is 1. The van der Waals surface area contributed by atoms with Gasteiger partial charge in [-0.15, -0.1) is 0 Å². The second-order valence-electron chi connectivity index (χ2n) is 7.94. The maximum absolute atomic E-state index is 12.4. The number of benzene rings is 2. The number of rotatable bonds is 8. The van der Waals surface area contributed by atoms with Gasteiger partial charge in [0.1, 0.15) is 5.75 Å². The Kier molecular flexibility index (Phi) is 7.21. The molecule has 0 atom stereocenters. The molecule has 0 spiro atoms. The normalized spacial score (nSPS) is 13.6. The Bertz CT molecular complexity index is 911. The minimum atomic E-state index is -0.216. The Hall–Kier alpha value is -2.73.